The Morgan fingerprint density at radius 2 is 1.76 bits per heavy atom. The highest BCUT2D eigenvalue weighted by Crippen LogP contribution is 2.23. The van der Waals surface area contributed by atoms with Gasteiger partial charge in [-0.15, -0.1) is 0 Å². The predicted octanol–water partition coefficient (Wildman–Crippen LogP) is 3.66. The third kappa shape index (κ3) is 4.90. The molecule has 1 heterocycles. The van der Waals surface area contributed by atoms with Crippen LogP contribution in [0.1, 0.15) is 26.3 Å². The van der Waals surface area contributed by atoms with E-state index in [1.54, 1.807) is 18.2 Å². The van der Waals surface area contributed by atoms with Gasteiger partial charge in [0.2, 0.25) is 0 Å². The summed E-state index contributed by atoms with van der Waals surface area (Å²) in [4.78, 5) is 34.9. The molecule has 0 aliphatic rings. The SMILES string of the molecule is CN(C)c1cccc(C(=O)Nc2cccc(CNc3ncnc4c(C(N)=O)cccc34)c2)c1. The second kappa shape index (κ2) is 9.35. The summed E-state index contributed by atoms with van der Waals surface area (Å²) in [5.74, 6) is -0.118. The zero-order valence-corrected chi connectivity index (χ0v) is 18.4. The summed E-state index contributed by atoms with van der Waals surface area (Å²) in [5, 5.41) is 6.94. The number of hydrogen-bond acceptors (Lipinski definition) is 6. The minimum Gasteiger partial charge on any atom is -0.378 e. The molecule has 33 heavy (non-hydrogen) atoms. The molecule has 0 bridgehead atoms. The number of primary amides is 1. The topological polar surface area (TPSA) is 113 Å². The van der Waals surface area contributed by atoms with Crippen LogP contribution in [0.4, 0.5) is 17.2 Å². The summed E-state index contributed by atoms with van der Waals surface area (Å²) in [6.07, 6.45) is 1.40. The third-order valence-electron chi connectivity index (χ3n) is 5.20. The summed E-state index contributed by atoms with van der Waals surface area (Å²) in [6.45, 7) is 0.465. The van der Waals surface area contributed by atoms with Crippen LogP contribution in [0.15, 0.2) is 73.1 Å². The molecule has 0 saturated carbocycles. The van der Waals surface area contributed by atoms with Crippen LogP contribution in [0.25, 0.3) is 10.9 Å². The van der Waals surface area contributed by atoms with Gasteiger partial charge in [-0.1, -0.05) is 24.3 Å². The number of amides is 2. The number of hydrogen-bond donors (Lipinski definition) is 3. The quantitative estimate of drug-likeness (QED) is 0.404. The van der Waals surface area contributed by atoms with Gasteiger partial charge in [-0.3, -0.25) is 9.59 Å². The Bertz CT molecular complexity index is 1340. The molecule has 0 spiro atoms. The molecule has 2 amide bonds. The molecule has 8 nitrogen and oxygen atoms in total. The lowest BCUT2D eigenvalue weighted by atomic mass is 10.1. The van der Waals surface area contributed by atoms with Crippen molar-refractivity contribution >= 4 is 39.9 Å². The van der Waals surface area contributed by atoms with Crippen LogP contribution in [0, 0.1) is 0 Å². The van der Waals surface area contributed by atoms with E-state index >= 15 is 0 Å². The monoisotopic (exact) mass is 440 g/mol. The summed E-state index contributed by atoms with van der Waals surface area (Å²) >= 11 is 0. The molecular formula is C25H24N6O2. The number of nitrogens with one attached hydrogen (secondary N) is 2. The van der Waals surface area contributed by atoms with E-state index in [1.807, 2.05) is 67.5 Å². The first-order valence-electron chi connectivity index (χ1n) is 10.4. The first kappa shape index (κ1) is 21.8. The van der Waals surface area contributed by atoms with Crippen molar-refractivity contribution in [2.24, 2.45) is 5.73 Å². The fourth-order valence-corrected chi connectivity index (χ4v) is 3.50. The maximum atomic E-state index is 12.7. The highest BCUT2D eigenvalue weighted by Gasteiger charge is 2.12. The molecule has 8 heteroatoms. The molecule has 4 N–H and O–H groups in total. The lowest BCUT2D eigenvalue weighted by Gasteiger charge is -2.14. The molecule has 3 aromatic carbocycles. The standard InChI is InChI=1S/C25H24N6O2/c1-31(2)19-9-4-7-17(13-19)25(33)30-18-8-3-6-16(12-18)14-27-24-21-11-5-10-20(23(26)32)22(21)28-15-29-24/h3-13,15H,14H2,1-2H3,(H2,26,32)(H,30,33)(H,27,28,29). The van der Waals surface area contributed by atoms with Gasteiger partial charge in [-0.25, -0.2) is 9.97 Å². The van der Waals surface area contributed by atoms with Crippen molar-refractivity contribution in [2.75, 3.05) is 29.6 Å². The van der Waals surface area contributed by atoms with Crippen molar-refractivity contribution in [3.05, 3.63) is 89.7 Å². The van der Waals surface area contributed by atoms with Crippen molar-refractivity contribution in [1.29, 1.82) is 0 Å². The van der Waals surface area contributed by atoms with E-state index in [-0.39, 0.29) is 5.91 Å². The molecule has 0 radical (unpaired) electrons. The number of para-hydroxylation sites is 1. The van der Waals surface area contributed by atoms with E-state index in [1.165, 1.54) is 6.33 Å². The highest BCUT2D eigenvalue weighted by molar-refractivity contribution is 6.07. The number of fused-ring (bicyclic) bond motifs is 1. The van der Waals surface area contributed by atoms with Gasteiger partial charge in [0.1, 0.15) is 12.1 Å². The minimum atomic E-state index is -0.537. The van der Waals surface area contributed by atoms with E-state index in [0.717, 1.165) is 11.3 Å². The fourth-order valence-electron chi connectivity index (χ4n) is 3.50. The lowest BCUT2D eigenvalue weighted by Crippen LogP contribution is -2.14. The molecule has 0 aliphatic heterocycles. The number of carbonyl (C=O) groups is 2. The molecule has 4 aromatic rings. The van der Waals surface area contributed by atoms with Gasteiger partial charge in [-0.05, 0) is 48.0 Å². The largest absolute Gasteiger partial charge is 0.378 e. The molecule has 166 valence electrons. The molecule has 0 fully saturated rings. The Hall–Kier alpha value is -4.46. The number of nitrogens with zero attached hydrogens (tertiary/aromatic N) is 3. The Labute approximate surface area is 191 Å². The molecule has 4 rings (SSSR count). The second-order valence-corrected chi connectivity index (χ2v) is 7.74. The van der Waals surface area contributed by atoms with Crippen LogP contribution < -0.4 is 21.3 Å². The van der Waals surface area contributed by atoms with Crippen LogP contribution in [0.3, 0.4) is 0 Å². The highest BCUT2D eigenvalue weighted by atomic mass is 16.2. The normalized spacial score (nSPS) is 10.6. The number of aromatic nitrogens is 2. The smallest absolute Gasteiger partial charge is 0.255 e. The van der Waals surface area contributed by atoms with Crippen molar-refractivity contribution in [3.8, 4) is 0 Å². The molecule has 0 unspecified atom stereocenters. The summed E-state index contributed by atoms with van der Waals surface area (Å²) in [5.41, 5.74) is 9.50. The van der Waals surface area contributed by atoms with E-state index in [2.05, 4.69) is 20.6 Å². The van der Waals surface area contributed by atoms with Crippen molar-refractivity contribution in [2.45, 2.75) is 6.54 Å². The zero-order valence-electron chi connectivity index (χ0n) is 18.4. The van der Waals surface area contributed by atoms with Gasteiger partial charge < -0.3 is 21.3 Å². The van der Waals surface area contributed by atoms with Gasteiger partial charge >= 0.3 is 0 Å². The lowest BCUT2D eigenvalue weighted by molar-refractivity contribution is 0.0999. The van der Waals surface area contributed by atoms with Gasteiger partial charge in [0.05, 0.1) is 11.1 Å². The number of anilines is 3. The van der Waals surface area contributed by atoms with Gasteiger partial charge in [0.15, 0.2) is 0 Å². The molecule has 0 saturated heterocycles. The Morgan fingerprint density at radius 3 is 2.55 bits per heavy atom. The van der Waals surface area contributed by atoms with Crippen molar-refractivity contribution in [3.63, 3.8) is 0 Å². The summed E-state index contributed by atoms with van der Waals surface area (Å²) < 4.78 is 0. The Balaban J connectivity index is 1.49. The fraction of sp³-hybridized carbons (Fsp3) is 0.120. The average molecular weight is 441 g/mol. The van der Waals surface area contributed by atoms with Crippen molar-refractivity contribution in [1.82, 2.24) is 9.97 Å². The molecular weight excluding hydrogens is 416 g/mol. The molecule has 1 aromatic heterocycles. The van der Waals surface area contributed by atoms with Crippen LogP contribution in [0.2, 0.25) is 0 Å². The maximum Gasteiger partial charge on any atom is 0.255 e. The number of carbonyl (C=O) groups excluding carboxylic acids is 2. The Kier molecular flexibility index (Phi) is 6.17. The van der Waals surface area contributed by atoms with E-state index in [4.69, 9.17) is 5.73 Å². The second-order valence-electron chi connectivity index (χ2n) is 7.74. The molecule has 0 aliphatic carbocycles. The Morgan fingerprint density at radius 1 is 0.970 bits per heavy atom. The summed E-state index contributed by atoms with van der Waals surface area (Å²) in [6, 6.07) is 20.3. The minimum absolute atomic E-state index is 0.176. The van der Waals surface area contributed by atoms with Gasteiger partial charge in [0.25, 0.3) is 11.8 Å². The first-order chi connectivity index (χ1) is 15.9. The summed E-state index contributed by atoms with van der Waals surface area (Å²) in [7, 11) is 3.87. The first-order valence-corrected chi connectivity index (χ1v) is 10.4. The number of nitrogens with two attached hydrogens (primary N) is 1. The third-order valence-corrected chi connectivity index (χ3v) is 5.20. The van der Waals surface area contributed by atoms with Crippen LogP contribution in [-0.2, 0) is 6.54 Å². The van der Waals surface area contributed by atoms with Gasteiger partial charge in [0, 0.05) is 43.0 Å². The predicted molar refractivity (Wildman–Crippen MR) is 131 cm³/mol. The van der Waals surface area contributed by atoms with E-state index < -0.39 is 5.91 Å². The van der Waals surface area contributed by atoms with Crippen LogP contribution in [-0.4, -0.2) is 35.9 Å². The van der Waals surface area contributed by atoms with E-state index in [9.17, 15) is 9.59 Å². The van der Waals surface area contributed by atoms with Crippen molar-refractivity contribution < 1.29 is 9.59 Å². The van der Waals surface area contributed by atoms with Gasteiger partial charge in [-0.2, -0.15) is 0 Å². The maximum absolute atomic E-state index is 12.7. The number of rotatable bonds is 7. The zero-order chi connectivity index (χ0) is 23.4. The van der Waals surface area contributed by atoms with E-state index in [0.29, 0.717) is 40.1 Å². The molecule has 0 atom stereocenters. The van der Waals surface area contributed by atoms with Crippen LogP contribution in [0.5, 0.6) is 0 Å². The number of benzene rings is 3. The van der Waals surface area contributed by atoms with Crippen LogP contribution >= 0.6 is 0 Å². The average Bonchev–Trinajstić information content (AvgIpc) is 2.82.